The Hall–Kier alpha value is -2.02. The molecule has 0 fully saturated rings. The molecular formula is C11H12N4O2S. The van der Waals surface area contributed by atoms with E-state index in [1.54, 1.807) is 6.07 Å². The Kier molecular flexibility index (Phi) is 3.83. The monoisotopic (exact) mass is 264 g/mol. The molecule has 2 rings (SSSR count). The largest absolute Gasteiger partial charge is 0.619 e. The van der Waals surface area contributed by atoms with Gasteiger partial charge in [-0.05, 0) is 12.5 Å². The number of pyridine rings is 1. The summed E-state index contributed by atoms with van der Waals surface area (Å²) in [6, 6.07) is 3.09. The molecule has 0 saturated heterocycles. The van der Waals surface area contributed by atoms with Crippen LogP contribution in [0, 0.1) is 5.21 Å². The van der Waals surface area contributed by atoms with Crippen molar-refractivity contribution in [2.75, 3.05) is 5.32 Å². The quantitative estimate of drug-likeness (QED) is 0.668. The summed E-state index contributed by atoms with van der Waals surface area (Å²) in [6.07, 6.45) is 4.36. The maximum absolute atomic E-state index is 11.8. The highest BCUT2D eigenvalue weighted by Gasteiger charge is 2.11. The molecule has 1 amide bonds. The lowest BCUT2D eigenvalue weighted by atomic mass is 10.3. The predicted octanol–water partition coefficient (Wildman–Crippen LogP) is 1.38. The molecule has 0 aromatic carbocycles. The van der Waals surface area contributed by atoms with Gasteiger partial charge in [0.25, 0.3) is 5.91 Å². The van der Waals surface area contributed by atoms with E-state index in [1.165, 1.54) is 29.8 Å². The van der Waals surface area contributed by atoms with Gasteiger partial charge in [-0.25, -0.2) is 0 Å². The lowest BCUT2D eigenvalue weighted by molar-refractivity contribution is -0.605. The molecule has 0 aliphatic rings. The van der Waals surface area contributed by atoms with Crippen molar-refractivity contribution in [2.24, 2.45) is 0 Å². The van der Waals surface area contributed by atoms with Crippen molar-refractivity contribution >= 4 is 22.4 Å². The Morgan fingerprint density at radius 1 is 1.56 bits per heavy atom. The highest BCUT2D eigenvalue weighted by molar-refractivity contribution is 7.15. The van der Waals surface area contributed by atoms with Crippen molar-refractivity contribution in [1.82, 2.24) is 10.2 Å². The van der Waals surface area contributed by atoms with Crippen LogP contribution in [0.2, 0.25) is 0 Å². The number of anilines is 1. The summed E-state index contributed by atoms with van der Waals surface area (Å²) in [7, 11) is 0. The van der Waals surface area contributed by atoms with Gasteiger partial charge in [0.1, 0.15) is 10.6 Å². The number of hydrogen-bond acceptors (Lipinski definition) is 5. The van der Waals surface area contributed by atoms with Gasteiger partial charge in [0, 0.05) is 12.5 Å². The van der Waals surface area contributed by atoms with Crippen molar-refractivity contribution in [3.05, 3.63) is 40.3 Å². The molecule has 2 heterocycles. The van der Waals surface area contributed by atoms with Crippen LogP contribution in [-0.4, -0.2) is 16.1 Å². The van der Waals surface area contributed by atoms with E-state index in [0.29, 0.717) is 15.4 Å². The minimum atomic E-state index is -0.362. The van der Waals surface area contributed by atoms with Crippen LogP contribution in [0.25, 0.3) is 0 Å². The topological polar surface area (TPSA) is 81.8 Å². The first-order valence-corrected chi connectivity index (χ1v) is 6.33. The highest BCUT2D eigenvalue weighted by Crippen LogP contribution is 2.17. The second-order valence-electron chi connectivity index (χ2n) is 3.66. The van der Waals surface area contributed by atoms with Gasteiger partial charge in [-0.3, -0.25) is 10.1 Å². The molecular weight excluding hydrogens is 252 g/mol. The third-order valence-corrected chi connectivity index (χ3v) is 3.09. The molecule has 6 nitrogen and oxygen atoms in total. The van der Waals surface area contributed by atoms with Gasteiger partial charge < -0.3 is 5.21 Å². The SMILES string of the molecule is CCCc1nnc(NC(=O)c2ccc[n+]([O-])c2)s1. The van der Waals surface area contributed by atoms with Gasteiger partial charge in [-0.2, -0.15) is 4.73 Å². The fraction of sp³-hybridized carbons (Fsp3) is 0.273. The molecule has 18 heavy (non-hydrogen) atoms. The normalized spacial score (nSPS) is 10.3. The Morgan fingerprint density at radius 2 is 2.39 bits per heavy atom. The lowest BCUT2D eigenvalue weighted by Gasteiger charge is -2.00. The van der Waals surface area contributed by atoms with Crippen LogP contribution in [0.15, 0.2) is 24.5 Å². The Morgan fingerprint density at radius 3 is 3.11 bits per heavy atom. The van der Waals surface area contributed by atoms with Gasteiger partial charge in [0.15, 0.2) is 12.4 Å². The van der Waals surface area contributed by atoms with E-state index in [1.807, 2.05) is 0 Å². The van der Waals surface area contributed by atoms with Gasteiger partial charge in [0.05, 0.1) is 0 Å². The summed E-state index contributed by atoms with van der Waals surface area (Å²) in [4.78, 5) is 11.8. The number of nitrogens with zero attached hydrogens (tertiary/aromatic N) is 3. The number of aromatic nitrogens is 3. The van der Waals surface area contributed by atoms with Gasteiger partial charge in [-0.1, -0.05) is 18.3 Å². The first-order chi connectivity index (χ1) is 8.69. The molecule has 0 unspecified atom stereocenters. The van der Waals surface area contributed by atoms with E-state index in [-0.39, 0.29) is 5.91 Å². The summed E-state index contributed by atoms with van der Waals surface area (Å²) in [5, 5.41) is 22.8. The average Bonchev–Trinajstić information content (AvgIpc) is 2.77. The standard InChI is InChI=1S/C11H12N4O2S/c1-2-4-9-13-14-11(18-9)12-10(16)8-5-3-6-15(17)7-8/h3,5-7H,2,4H2,1H3,(H,12,14,16). The molecule has 2 aromatic rings. The zero-order valence-electron chi connectivity index (χ0n) is 9.79. The van der Waals surface area contributed by atoms with Crippen molar-refractivity contribution in [3.63, 3.8) is 0 Å². The Bertz CT molecular complexity index is 555. The smallest absolute Gasteiger partial charge is 0.263 e. The molecule has 7 heteroatoms. The van der Waals surface area contributed by atoms with Crippen molar-refractivity contribution < 1.29 is 9.52 Å². The van der Waals surface area contributed by atoms with Crippen LogP contribution in [0.3, 0.4) is 0 Å². The number of carbonyl (C=O) groups excluding carboxylic acids is 1. The average molecular weight is 264 g/mol. The number of amides is 1. The fourth-order valence-corrected chi connectivity index (χ4v) is 2.21. The zero-order valence-corrected chi connectivity index (χ0v) is 10.6. The van der Waals surface area contributed by atoms with Crippen LogP contribution in [0.4, 0.5) is 5.13 Å². The summed E-state index contributed by atoms with van der Waals surface area (Å²) < 4.78 is 0.581. The van der Waals surface area contributed by atoms with Crippen molar-refractivity contribution in [1.29, 1.82) is 0 Å². The highest BCUT2D eigenvalue weighted by atomic mass is 32.1. The van der Waals surface area contributed by atoms with Gasteiger partial charge >= 0.3 is 0 Å². The molecule has 2 aromatic heterocycles. The molecule has 94 valence electrons. The van der Waals surface area contributed by atoms with E-state index < -0.39 is 0 Å². The summed E-state index contributed by atoms with van der Waals surface area (Å²) >= 11 is 1.35. The number of carbonyl (C=O) groups is 1. The van der Waals surface area contributed by atoms with E-state index >= 15 is 0 Å². The second kappa shape index (κ2) is 5.54. The van der Waals surface area contributed by atoms with Crippen LogP contribution >= 0.6 is 11.3 Å². The van der Waals surface area contributed by atoms with Crippen LogP contribution in [0.1, 0.15) is 28.7 Å². The molecule has 0 bridgehead atoms. The van der Waals surface area contributed by atoms with E-state index in [2.05, 4.69) is 22.4 Å². The molecule has 1 N–H and O–H groups in total. The van der Waals surface area contributed by atoms with Crippen molar-refractivity contribution in [2.45, 2.75) is 19.8 Å². The van der Waals surface area contributed by atoms with Crippen LogP contribution in [0.5, 0.6) is 0 Å². The van der Waals surface area contributed by atoms with E-state index in [4.69, 9.17) is 0 Å². The summed E-state index contributed by atoms with van der Waals surface area (Å²) in [6.45, 7) is 2.05. The lowest BCUT2D eigenvalue weighted by Crippen LogP contribution is -2.27. The molecule has 0 aliphatic carbocycles. The second-order valence-corrected chi connectivity index (χ2v) is 4.72. The Balaban J connectivity index is 2.06. The molecule has 0 atom stereocenters. The number of rotatable bonds is 4. The zero-order chi connectivity index (χ0) is 13.0. The summed E-state index contributed by atoms with van der Waals surface area (Å²) in [5.41, 5.74) is 0.291. The molecule has 0 spiro atoms. The third kappa shape index (κ3) is 3.01. The first kappa shape index (κ1) is 12.4. The molecule has 0 aliphatic heterocycles. The van der Waals surface area contributed by atoms with E-state index in [9.17, 15) is 10.0 Å². The summed E-state index contributed by atoms with van der Waals surface area (Å²) in [5.74, 6) is -0.362. The predicted molar refractivity (Wildman–Crippen MR) is 67.3 cm³/mol. The van der Waals surface area contributed by atoms with E-state index in [0.717, 1.165) is 17.8 Å². The number of aryl methyl sites for hydroxylation is 1. The maximum Gasteiger partial charge on any atom is 0.263 e. The Labute approximate surface area is 108 Å². The van der Waals surface area contributed by atoms with Crippen molar-refractivity contribution in [3.8, 4) is 0 Å². The molecule has 0 radical (unpaired) electrons. The van der Waals surface area contributed by atoms with Gasteiger partial charge in [-0.15, -0.1) is 10.2 Å². The number of hydrogen-bond donors (Lipinski definition) is 1. The van der Waals surface area contributed by atoms with Gasteiger partial charge in [0.2, 0.25) is 5.13 Å². The maximum atomic E-state index is 11.8. The van der Waals surface area contributed by atoms with Crippen LogP contribution < -0.4 is 10.0 Å². The molecule has 0 saturated carbocycles. The minimum absolute atomic E-state index is 0.291. The minimum Gasteiger partial charge on any atom is -0.619 e. The third-order valence-electron chi connectivity index (χ3n) is 2.19. The van der Waals surface area contributed by atoms with Crippen LogP contribution in [-0.2, 0) is 6.42 Å². The first-order valence-electron chi connectivity index (χ1n) is 5.51. The number of nitrogens with one attached hydrogen (secondary N) is 1. The fourth-order valence-electron chi connectivity index (χ4n) is 1.38.